The van der Waals surface area contributed by atoms with Gasteiger partial charge in [-0.1, -0.05) is 0 Å². The van der Waals surface area contributed by atoms with Gasteiger partial charge in [-0.3, -0.25) is 4.90 Å². The first-order valence-electron chi connectivity index (χ1n) is 12.7. The van der Waals surface area contributed by atoms with E-state index in [2.05, 4.69) is 15.3 Å². The second-order valence-electron chi connectivity index (χ2n) is 9.93. The normalized spacial score (nSPS) is 17.5. The molecule has 0 aliphatic carbocycles. The Bertz CT molecular complexity index is 1650. The maximum absolute atomic E-state index is 13.3. The van der Waals surface area contributed by atoms with E-state index in [1.54, 1.807) is 22.9 Å². The smallest absolute Gasteiger partial charge is 0.390 e. The van der Waals surface area contributed by atoms with Gasteiger partial charge in [0.1, 0.15) is 5.75 Å². The predicted octanol–water partition coefficient (Wildman–Crippen LogP) is 3.78. The highest BCUT2D eigenvalue weighted by Crippen LogP contribution is 2.35. The van der Waals surface area contributed by atoms with Crippen LogP contribution in [0.15, 0.2) is 47.8 Å². The van der Waals surface area contributed by atoms with E-state index < -0.39 is 28.7 Å². The van der Waals surface area contributed by atoms with E-state index in [1.807, 2.05) is 44.2 Å². The van der Waals surface area contributed by atoms with Gasteiger partial charge in [0.15, 0.2) is 0 Å². The van der Waals surface area contributed by atoms with Gasteiger partial charge in [0.05, 0.1) is 37.1 Å². The number of hydrogen-bond acceptors (Lipinski definition) is 7. The number of hydrogen-bond donors (Lipinski definition) is 0. The van der Waals surface area contributed by atoms with Crippen molar-refractivity contribution in [2.45, 2.75) is 37.5 Å². The van der Waals surface area contributed by atoms with Crippen LogP contribution >= 0.6 is 0 Å². The molecular formula is C26H30F3N7O3S. The molecule has 3 heterocycles. The fraction of sp³-hybridized carbons (Fsp3) is 0.423. The summed E-state index contributed by atoms with van der Waals surface area (Å²) in [5, 5.41) is 13.0. The summed E-state index contributed by atoms with van der Waals surface area (Å²) in [6, 6.07) is 8.97. The second kappa shape index (κ2) is 10.5. The van der Waals surface area contributed by atoms with Crippen LogP contribution in [0.2, 0.25) is 0 Å². The highest BCUT2D eigenvalue weighted by Gasteiger charge is 2.38. The van der Waals surface area contributed by atoms with Gasteiger partial charge < -0.3 is 4.74 Å². The Morgan fingerprint density at radius 2 is 1.82 bits per heavy atom. The summed E-state index contributed by atoms with van der Waals surface area (Å²) in [6.07, 6.45) is -2.44. The van der Waals surface area contributed by atoms with E-state index in [0.29, 0.717) is 0 Å². The minimum absolute atomic E-state index is 0.0189. The fourth-order valence-electron chi connectivity index (χ4n) is 5.18. The van der Waals surface area contributed by atoms with Crippen LogP contribution in [0.1, 0.15) is 29.2 Å². The average molecular weight is 578 g/mol. The zero-order valence-corrected chi connectivity index (χ0v) is 23.4. The van der Waals surface area contributed by atoms with E-state index in [0.717, 1.165) is 43.8 Å². The number of ether oxygens (including phenoxy) is 1. The van der Waals surface area contributed by atoms with Crippen LogP contribution in [0.5, 0.6) is 5.75 Å². The van der Waals surface area contributed by atoms with Crippen LogP contribution in [0.3, 0.4) is 0 Å². The summed E-state index contributed by atoms with van der Waals surface area (Å²) < 4.78 is 74.6. The molecule has 14 heteroatoms. The van der Waals surface area contributed by atoms with Gasteiger partial charge >= 0.3 is 6.18 Å². The Morgan fingerprint density at radius 1 is 1.05 bits per heavy atom. The Hall–Kier alpha value is -3.49. The second-order valence-corrected chi connectivity index (χ2v) is 11.8. The van der Waals surface area contributed by atoms with Crippen LogP contribution in [0, 0.1) is 13.8 Å². The highest BCUT2D eigenvalue weighted by atomic mass is 32.2. The molecule has 2 aromatic carbocycles. The Morgan fingerprint density at radius 3 is 2.48 bits per heavy atom. The molecule has 10 nitrogen and oxygen atoms in total. The zero-order valence-electron chi connectivity index (χ0n) is 22.6. The van der Waals surface area contributed by atoms with Crippen molar-refractivity contribution in [2.24, 2.45) is 7.05 Å². The Labute approximate surface area is 230 Å². The minimum Gasteiger partial charge on any atom is -0.496 e. The summed E-state index contributed by atoms with van der Waals surface area (Å²) in [7, 11) is -0.856. The lowest BCUT2D eigenvalue weighted by atomic mass is 9.96. The molecule has 214 valence electrons. The third-order valence-electron chi connectivity index (χ3n) is 7.26. The number of sulfonamides is 1. The molecule has 1 saturated heterocycles. The van der Waals surface area contributed by atoms with E-state index in [1.165, 1.54) is 17.5 Å². The molecule has 1 atom stereocenters. The number of methoxy groups -OCH3 is 1. The zero-order chi connectivity index (χ0) is 28.8. The van der Waals surface area contributed by atoms with Crippen LogP contribution in [-0.2, 0) is 17.1 Å². The molecule has 0 spiro atoms. The lowest BCUT2D eigenvalue weighted by Crippen LogP contribution is -2.51. The summed E-state index contributed by atoms with van der Waals surface area (Å²) in [5.74, 6) is 0.760. The van der Waals surface area contributed by atoms with E-state index >= 15 is 0 Å². The lowest BCUT2D eigenvalue weighted by Gasteiger charge is -2.41. The quantitative estimate of drug-likeness (QED) is 0.330. The molecular weight excluding hydrogens is 547 g/mol. The van der Waals surface area contributed by atoms with Crippen molar-refractivity contribution in [3.8, 4) is 11.4 Å². The van der Waals surface area contributed by atoms with Gasteiger partial charge in [0.25, 0.3) is 10.0 Å². The summed E-state index contributed by atoms with van der Waals surface area (Å²) in [4.78, 5) is 2.87. The largest absolute Gasteiger partial charge is 0.496 e. The molecule has 1 aliphatic rings. The maximum atomic E-state index is 13.3. The van der Waals surface area contributed by atoms with Gasteiger partial charge in [-0.05, 0) is 60.9 Å². The average Bonchev–Trinajstić information content (AvgIpc) is 3.52. The molecule has 1 fully saturated rings. The molecule has 0 N–H and O–H groups in total. The van der Waals surface area contributed by atoms with Crippen molar-refractivity contribution in [2.75, 3.05) is 33.3 Å². The Balaban J connectivity index is 1.52. The molecule has 4 aromatic rings. The lowest BCUT2D eigenvalue weighted by molar-refractivity contribution is -0.140. The predicted molar refractivity (Wildman–Crippen MR) is 142 cm³/mol. The number of aryl methyl sites for hydroxylation is 3. The number of rotatable bonds is 7. The molecule has 0 amide bonds. The van der Waals surface area contributed by atoms with Gasteiger partial charge in [-0.25, -0.2) is 13.1 Å². The van der Waals surface area contributed by atoms with Crippen molar-refractivity contribution < 1.29 is 26.3 Å². The maximum Gasteiger partial charge on any atom is 0.390 e. The van der Waals surface area contributed by atoms with Crippen molar-refractivity contribution in [1.29, 1.82) is 0 Å². The van der Waals surface area contributed by atoms with E-state index in [9.17, 15) is 21.6 Å². The fourth-order valence-corrected chi connectivity index (χ4v) is 6.51. The topological polar surface area (TPSA) is 98.4 Å². The van der Waals surface area contributed by atoms with Crippen molar-refractivity contribution >= 4 is 20.9 Å². The first kappa shape index (κ1) is 28.1. The van der Waals surface area contributed by atoms with Gasteiger partial charge in [-0.15, -0.1) is 5.10 Å². The van der Waals surface area contributed by atoms with E-state index in [4.69, 9.17) is 4.74 Å². The third kappa shape index (κ3) is 5.43. The number of fused-ring (bicyclic) bond motifs is 1. The molecule has 2 aromatic heterocycles. The summed E-state index contributed by atoms with van der Waals surface area (Å²) in [5.41, 5.74) is 4.18. The molecule has 1 aliphatic heterocycles. The van der Waals surface area contributed by atoms with Crippen molar-refractivity contribution in [3.05, 3.63) is 59.4 Å². The highest BCUT2D eigenvalue weighted by molar-refractivity contribution is 7.89. The molecule has 40 heavy (non-hydrogen) atoms. The van der Waals surface area contributed by atoms with Crippen LogP contribution in [0.25, 0.3) is 16.6 Å². The van der Waals surface area contributed by atoms with Gasteiger partial charge in [-0.2, -0.15) is 32.5 Å². The minimum atomic E-state index is -4.33. The number of alkyl halides is 3. The standard InChI is InChI=1S/C26H30F3N7O3S/c1-17-12-22-19(14-31-36(22)20-5-6-24(39-4)18(2)11-20)13-21(17)23-16-35(10-9-34(23)8-7-26(27,28)29)40(37,38)25-15-30-33(3)32-25/h5-6,11-15,23H,7-10,16H2,1-4H3. The summed E-state index contributed by atoms with van der Waals surface area (Å²) in [6.45, 7) is 3.75. The van der Waals surface area contributed by atoms with Crippen LogP contribution < -0.4 is 4.74 Å². The van der Waals surface area contributed by atoms with E-state index in [-0.39, 0.29) is 31.2 Å². The van der Waals surface area contributed by atoms with Gasteiger partial charge in [0, 0.05) is 44.7 Å². The molecule has 0 radical (unpaired) electrons. The van der Waals surface area contributed by atoms with Crippen LogP contribution in [-0.4, -0.2) is 81.9 Å². The third-order valence-corrected chi connectivity index (χ3v) is 8.98. The molecule has 1 unspecified atom stereocenters. The van der Waals surface area contributed by atoms with Gasteiger partial charge in [0.2, 0.25) is 5.03 Å². The monoisotopic (exact) mass is 577 g/mol. The van der Waals surface area contributed by atoms with Crippen LogP contribution in [0.4, 0.5) is 13.2 Å². The summed E-state index contributed by atoms with van der Waals surface area (Å²) >= 11 is 0. The number of halogens is 3. The number of benzene rings is 2. The van der Waals surface area contributed by atoms with Crippen molar-refractivity contribution in [1.82, 2.24) is 34.0 Å². The number of nitrogens with zero attached hydrogens (tertiary/aromatic N) is 7. The number of piperazine rings is 1. The molecule has 5 rings (SSSR count). The molecule has 0 bridgehead atoms. The number of aromatic nitrogens is 5. The molecule has 0 saturated carbocycles. The first-order valence-corrected chi connectivity index (χ1v) is 14.1. The first-order chi connectivity index (χ1) is 18.9. The SMILES string of the molecule is COc1ccc(-n2ncc3cc(C4CN(S(=O)(=O)c5cnn(C)n5)CCN4CCC(F)(F)F)c(C)cc32)cc1C. The Kier molecular flexibility index (Phi) is 7.35. The van der Waals surface area contributed by atoms with Crippen molar-refractivity contribution in [3.63, 3.8) is 0 Å².